The van der Waals surface area contributed by atoms with Gasteiger partial charge in [-0.3, -0.25) is 19.4 Å². The van der Waals surface area contributed by atoms with Gasteiger partial charge in [0.15, 0.2) is 0 Å². The van der Waals surface area contributed by atoms with Crippen LogP contribution in [0.5, 0.6) is 0 Å². The summed E-state index contributed by atoms with van der Waals surface area (Å²) in [5.74, 6) is -0.180. The Morgan fingerprint density at radius 1 is 0.889 bits per heavy atom. The Morgan fingerprint density at radius 3 is 2.22 bits per heavy atom. The van der Waals surface area contributed by atoms with E-state index in [4.69, 9.17) is 0 Å². The molecule has 0 aliphatic carbocycles. The largest absolute Gasteiger partial charge is 0.297 e. The normalized spacial score (nSPS) is 21.8. The lowest BCUT2D eigenvalue weighted by Crippen LogP contribution is -2.52. The molecule has 2 fully saturated rings. The molecule has 0 saturated carbocycles. The maximum Gasteiger partial charge on any atom is 0.251 e. The summed E-state index contributed by atoms with van der Waals surface area (Å²) in [5, 5.41) is 0. The van der Waals surface area contributed by atoms with Gasteiger partial charge in [-0.1, -0.05) is 48.0 Å². The number of hydrogen-bond acceptors (Lipinski definition) is 4. The van der Waals surface area contributed by atoms with Crippen LogP contribution in [0.1, 0.15) is 17.5 Å². The van der Waals surface area contributed by atoms with Crippen LogP contribution in [0, 0.1) is 6.92 Å². The van der Waals surface area contributed by atoms with Crippen molar-refractivity contribution in [3.05, 3.63) is 65.7 Å². The standard InChI is InChI=1S/C22H25N3O2/c1-17-7-9-19(10-8-17)25-21(26)15-20(22(25)27)24-13-11-23(12-14-24)16-18-5-3-2-4-6-18/h2-10,20H,11-16H2,1H3. The summed E-state index contributed by atoms with van der Waals surface area (Å²) in [4.78, 5) is 31.4. The molecule has 4 rings (SSSR count). The minimum Gasteiger partial charge on any atom is -0.297 e. The summed E-state index contributed by atoms with van der Waals surface area (Å²) in [5.41, 5.74) is 3.10. The van der Waals surface area contributed by atoms with Crippen molar-refractivity contribution in [1.29, 1.82) is 0 Å². The van der Waals surface area contributed by atoms with Gasteiger partial charge in [0, 0.05) is 32.7 Å². The lowest BCUT2D eigenvalue weighted by Gasteiger charge is -2.37. The van der Waals surface area contributed by atoms with E-state index in [1.165, 1.54) is 10.5 Å². The summed E-state index contributed by atoms with van der Waals surface area (Å²) >= 11 is 0. The van der Waals surface area contributed by atoms with E-state index in [0.29, 0.717) is 5.69 Å². The van der Waals surface area contributed by atoms with Crippen molar-refractivity contribution >= 4 is 17.5 Å². The molecular weight excluding hydrogens is 338 g/mol. The first kappa shape index (κ1) is 17.9. The second-order valence-corrected chi connectivity index (χ2v) is 7.42. The maximum atomic E-state index is 12.9. The number of carbonyl (C=O) groups is 2. The van der Waals surface area contributed by atoms with Gasteiger partial charge in [0.25, 0.3) is 5.91 Å². The molecule has 1 unspecified atom stereocenters. The van der Waals surface area contributed by atoms with Crippen LogP contribution in [0.15, 0.2) is 54.6 Å². The average Bonchev–Trinajstić information content (AvgIpc) is 2.98. The predicted octanol–water partition coefficient (Wildman–Crippen LogP) is 2.44. The zero-order valence-corrected chi connectivity index (χ0v) is 15.7. The van der Waals surface area contributed by atoms with E-state index in [0.717, 1.165) is 38.3 Å². The fraction of sp³-hybridized carbons (Fsp3) is 0.364. The van der Waals surface area contributed by atoms with Crippen molar-refractivity contribution in [2.24, 2.45) is 0 Å². The fourth-order valence-electron chi connectivity index (χ4n) is 3.94. The zero-order valence-electron chi connectivity index (χ0n) is 15.7. The molecule has 1 atom stereocenters. The second-order valence-electron chi connectivity index (χ2n) is 7.42. The Morgan fingerprint density at radius 2 is 1.56 bits per heavy atom. The van der Waals surface area contributed by atoms with Crippen LogP contribution in [0.2, 0.25) is 0 Å². The van der Waals surface area contributed by atoms with Gasteiger partial charge in [0.05, 0.1) is 18.2 Å². The third-order valence-electron chi connectivity index (χ3n) is 5.51. The molecule has 2 aromatic rings. The third kappa shape index (κ3) is 3.80. The molecule has 2 aliphatic heterocycles. The topological polar surface area (TPSA) is 43.9 Å². The van der Waals surface area contributed by atoms with Crippen LogP contribution in [0.3, 0.4) is 0 Å². The quantitative estimate of drug-likeness (QED) is 0.783. The Labute approximate surface area is 160 Å². The van der Waals surface area contributed by atoms with Crippen LogP contribution in [0.4, 0.5) is 5.69 Å². The number of rotatable bonds is 4. The third-order valence-corrected chi connectivity index (χ3v) is 5.51. The molecule has 2 amide bonds. The molecule has 2 aliphatic rings. The number of hydrogen-bond donors (Lipinski definition) is 0. The number of piperazine rings is 1. The van der Waals surface area contributed by atoms with Crippen molar-refractivity contribution in [2.45, 2.75) is 25.9 Å². The highest BCUT2D eigenvalue weighted by molar-refractivity contribution is 6.22. The van der Waals surface area contributed by atoms with Gasteiger partial charge in [-0.15, -0.1) is 0 Å². The maximum absolute atomic E-state index is 12.9. The van der Waals surface area contributed by atoms with Gasteiger partial charge < -0.3 is 0 Å². The molecule has 0 aromatic heterocycles. The van der Waals surface area contributed by atoms with E-state index < -0.39 is 0 Å². The van der Waals surface area contributed by atoms with Crippen LogP contribution in [-0.4, -0.2) is 53.8 Å². The average molecular weight is 363 g/mol. The van der Waals surface area contributed by atoms with Crippen LogP contribution in [-0.2, 0) is 16.1 Å². The van der Waals surface area contributed by atoms with E-state index in [2.05, 4.69) is 34.1 Å². The summed E-state index contributed by atoms with van der Waals surface area (Å²) in [7, 11) is 0. The number of aryl methyl sites for hydroxylation is 1. The molecule has 0 radical (unpaired) electrons. The predicted molar refractivity (Wildman–Crippen MR) is 105 cm³/mol. The van der Waals surface area contributed by atoms with Crippen molar-refractivity contribution < 1.29 is 9.59 Å². The van der Waals surface area contributed by atoms with E-state index in [1.807, 2.05) is 37.3 Å². The number of anilines is 1. The van der Waals surface area contributed by atoms with Crippen LogP contribution >= 0.6 is 0 Å². The summed E-state index contributed by atoms with van der Waals surface area (Å²) < 4.78 is 0. The molecule has 2 aromatic carbocycles. The number of benzene rings is 2. The van der Waals surface area contributed by atoms with Gasteiger partial charge in [-0.2, -0.15) is 0 Å². The highest BCUT2D eigenvalue weighted by Crippen LogP contribution is 2.26. The minimum atomic E-state index is -0.322. The summed E-state index contributed by atoms with van der Waals surface area (Å²) in [6, 6.07) is 17.7. The number of nitrogens with zero attached hydrogens (tertiary/aromatic N) is 3. The minimum absolute atomic E-state index is 0.0830. The Hall–Kier alpha value is -2.50. The first-order chi connectivity index (χ1) is 13.1. The molecule has 5 heteroatoms. The van der Waals surface area contributed by atoms with E-state index in [9.17, 15) is 9.59 Å². The first-order valence-electron chi connectivity index (χ1n) is 9.55. The van der Waals surface area contributed by atoms with Gasteiger partial charge in [0.2, 0.25) is 5.91 Å². The van der Waals surface area contributed by atoms with Gasteiger partial charge in [0.1, 0.15) is 0 Å². The van der Waals surface area contributed by atoms with E-state index in [1.54, 1.807) is 0 Å². The molecule has 2 saturated heterocycles. The SMILES string of the molecule is Cc1ccc(N2C(=O)CC(N3CCN(Cc4ccccc4)CC3)C2=O)cc1. The van der Waals surface area contributed by atoms with Crippen LogP contribution in [0.25, 0.3) is 0 Å². The highest BCUT2D eigenvalue weighted by atomic mass is 16.2. The van der Waals surface area contributed by atoms with E-state index in [-0.39, 0.29) is 24.3 Å². The van der Waals surface area contributed by atoms with Crippen molar-refractivity contribution in [3.63, 3.8) is 0 Å². The number of amides is 2. The number of imide groups is 1. The molecular formula is C22H25N3O2. The molecule has 27 heavy (non-hydrogen) atoms. The fourth-order valence-corrected chi connectivity index (χ4v) is 3.94. The molecule has 5 nitrogen and oxygen atoms in total. The van der Waals surface area contributed by atoms with Gasteiger partial charge in [-0.25, -0.2) is 4.90 Å². The molecule has 2 heterocycles. The Kier molecular flexibility index (Phi) is 5.05. The van der Waals surface area contributed by atoms with Gasteiger partial charge >= 0.3 is 0 Å². The smallest absolute Gasteiger partial charge is 0.251 e. The summed E-state index contributed by atoms with van der Waals surface area (Å²) in [6.07, 6.45) is 0.283. The lowest BCUT2D eigenvalue weighted by atomic mass is 10.1. The van der Waals surface area contributed by atoms with Crippen molar-refractivity contribution in [3.8, 4) is 0 Å². The Balaban J connectivity index is 1.38. The number of carbonyl (C=O) groups excluding carboxylic acids is 2. The first-order valence-corrected chi connectivity index (χ1v) is 9.55. The summed E-state index contributed by atoms with van der Waals surface area (Å²) in [6.45, 7) is 6.39. The lowest BCUT2D eigenvalue weighted by molar-refractivity contribution is -0.123. The monoisotopic (exact) mass is 363 g/mol. The molecule has 0 N–H and O–H groups in total. The van der Waals surface area contributed by atoms with Gasteiger partial charge in [-0.05, 0) is 24.6 Å². The second kappa shape index (κ2) is 7.62. The zero-order chi connectivity index (χ0) is 18.8. The van der Waals surface area contributed by atoms with Crippen molar-refractivity contribution in [2.75, 3.05) is 31.1 Å². The van der Waals surface area contributed by atoms with Crippen LogP contribution < -0.4 is 4.90 Å². The molecule has 140 valence electrons. The Bertz CT molecular complexity index is 811. The van der Waals surface area contributed by atoms with Crippen molar-refractivity contribution in [1.82, 2.24) is 9.80 Å². The molecule has 0 spiro atoms. The molecule has 0 bridgehead atoms. The van der Waals surface area contributed by atoms with E-state index >= 15 is 0 Å². The highest BCUT2D eigenvalue weighted by Gasteiger charge is 2.43.